The minimum absolute atomic E-state index is 0.0266. The number of nitrogens with two attached hydrogens (primary N) is 2. The molecule has 10 heteroatoms. The van der Waals surface area contributed by atoms with Crippen molar-refractivity contribution in [2.75, 3.05) is 18.9 Å². The minimum Gasteiger partial charge on any atom is -0.395 e. The molecule has 2 aliphatic rings. The van der Waals surface area contributed by atoms with Crippen molar-refractivity contribution in [1.29, 1.82) is 0 Å². The monoisotopic (exact) mass is 437 g/mol. The van der Waals surface area contributed by atoms with Gasteiger partial charge in [-0.05, 0) is 43.6 Å². The second kappa shape index (κ2) is 10.2. The summed E-state index contributed by atoms with van der Waals surface area (Å²) in [5.74, 6) is -1.33. The number of hydrogen-bond donors (Lipinski definition) is 3. The van der Waals surface area contributed by atoms with Gasteiger partial charge >= 0.3 is 0 Å². The van der Waals surface area contributed by atoms with Crippen LogP contribution in [0.2, 0.25) is 0 Å². The second-order valence-corrected chi connectivity index (χ2v) is 8.80. The molecule has 5 N–H and O–H groups in total. The van der Waals surface area contributed by atoms with Crippen molar-refractivity contribution in [3.63, 3.8) is 0 Å². The highest BCUT2D eigenvalue weighted by atomic mass is 32.1. The SMILES string of the molecule is CCC[C@@H](C(=O)NC1CCCC1)N(C[C@@H]1CCCO1)C(=O)c1snc(C(N)=O)c1N. The van der Waals surface area contributed by atoms with E-state index < -0.39 is 17.9 Å². The molecule has 2 fully saturated rings. The maximum atomic E-state index is 13.5. The molecule has 0 unspecified atom stereocenters. The summed E-state index contributed by atoms with van der Waals surface area (Å²) < 4.78 is 9.69. The lowest BCUT2D eigenvalue weighted by atomic mass is 10.1. The number of nitrogens with one attached hydrogen (secondary N) is 1. The van der Waals surface area contributed by atoms with E-state index in [0.29, 0.717) is 19.6 Å². The number of amides is 3. The van der Waals surface area contributed by atoms with Crippen molar-refractivity contribution in [1.82, 2.24) is 14.6 Å². The number of hydrogen-bond acceptors (Lipinski definition) is 7. The molecule has 1 saturated heterocycles. The molecule has 30 heavy (non-hydrogen) atoms. The van der Waals surface area contributed by atoms with Crippen LogP contribution in [0.3, 0.4) is 0 Å². The summed E-state index contributed by atoms with van der Waals surface area (Å²) in [4.78, 5) is 39.9. The van der Waals surface area contributed by atoms with Gasteiger partial charge in [-0.3, -0.25) is 14.4 Å². The molecule has 1 aromatic rings. The van der Waals surface area contributed by atoms with E-state index in [1.54, 1.807) is 4.90 Å². The minimum atomic E-state index is -0.780. The number of anilines is 1. The van der Waals surface area contributed by atoms with Gasteiger partial charge in [-0.25, -0.2) is 0 Å². The van der Waals surface area contributed by atoms with Crippen molar-refractivity contribution >= 4 is 34.9 Å². The van der Waals surface area contributed by atoms with Gasteiger partial charge in [0.15, 0.2) is 5.69 Å². The fraction of sp³-hybridized carbons (Fsp3) is 0.700. The molecule has 1 aromatic heterocycles. The summed E-state index contributed by atoms with van der Waals surface area (Å²) in [6.45, 7) is 2.93. The molecule has 1 aliphatic carbocycles. The van der Waals surface area contributed by atoms with E-state index in [9.17, 15) is 14.4 Å². The van der Waals surface area contributed by atoms with Gasteiger partial charge in [-0.15, -0.1) is 0 Å². The first kappa shape index (κ1) is 22.5. The quantitative estimate of drug-likeness (QED) is 0.537. The first-order chi connectivity index (χ1) is 14.4. The fourth-order valence-electron chi connectivity index (χ4n) is 4.19. The largest absolute Gasteiger partial charge is 0.395 e. The molecule has 1 saturated carbocycles. The van der Waals surface area contributed by atoms with E-state index >= 15 is 0 Å². The number of aromatic nitrogens is 1. The van der Waals surface area contributed by atoms with Crippen LogP contribution >= 0.6 is 11.5 Å². The summed E-state index contributed by atoms with van der Waals surface area (Å²) in [6.07, 6.45) is 7.04. The molecule has 166 valence electrons. The Hall–Kier alpha value is -2.20. The molecule has 3 amide bonds. The first-order valence-electron chi connectivity index (χ1n) is 10.7. The van der Waals surface area contributed by atoms with Crippen molar-refractivity contribution in [3.8, 4) is 0 Å². The molecular weight excluding hydrogens is 406 g/mol. The number of nitrogens with zero attached hydrogens (tertiary/aromatic N) is 2. The lowest BCUT2D eigenvalue weighted by molar-refractivity contribution is -0.127. The first-order valence-corrected chi connectivity index (χ1v) is 11.5. The van der Waals surface area contributed by atoms with Crippen molar-refractivity contribution < 1.29 is 19.1 Å². The van der Waals surface area contributed by atoms with Crippen molar-refractivity contribution in [2.24, 2.45) is 5.73 Å². The van der Waals surface area contributed by atoms with Crippen LogP contribution in [0.4, 0.5) is 5.69 Å². The van der Waals surface area contributed by atoms with E-state index in [2.05, 4.69) is 9.69 Å². The number of carbonyl (C=O) groups excluding carboxylic acids is 3. The van der Waals surface area contributed by atoms with Crippen molar-refractivity contribution in [2.45, 2.75) is 76.5 Å². The van der Waals surface area contributed by atoms with Crippen LogP contribution in [-0.4, -0.2) is 58.3 Å². The van der Waals surface area contributed by atoms with Gasteiger partial charge in [-0.1, -0.05) is 26.2 Å². The van der Waals surface area contributed by atoms with E-state index in [1.165, 1.54) is 0 Å². The molecular formula is C20H31N5O4S. The average molecular weight is 438 g/mol. The van der Waals surface area contributed by atoms with Crippen LogP contribution in [-0.2, 0) is 9.53 Å². The number of nitrogen functional groups attached to an aromatic ring is 1. The molecule has 0 aromatic carbocycles. The zero-order valence-corrected chi connectivity index (χ0v) is 18.2. The summed E-state index contributed by atoms with van der Waals surface area (Å²) in [6, 6.07) is -0.475. The third-order valence-electron chi connectivity index (χ3n) is 5.78. The Labute approximate surface area is 180 Å². The van der Waals surface area contributed by atoms with Crippen LogP contribution in [0.25, 0.3) is 0 Å². The standard InChI is InChI=1S/C20H31N5O4S/c1-2-6-14(19(27)23-12-7-3-4-8-12)25(11-13-9-5-10-29-13)20(28)17-15(21)16(18(22)26)24-30-17/h12-14H,2-11,21H2,1H3,(H2,22,26)(H,23,27)/t13-,14-/m0/s1. The number of primary amides is 1. The summed E-state index contributed by atoms with van der Waals surface area (Å²) in [5.41, 5.74) is 11.2. The zero-order valence-electron chi connectivity index (χ0n) is 17.4. The second-order valence-electron chi connectivity index (χ2n) is 8.03. The highest BCUT2D eigenvalue weighted by Gasteiger charge is 2.36. The van der Waals surface area contributed by atoms with Gasteiger partial charge in [0, 0.05) is 19.2 Å². The lowest BCUT2D eigenvalue weighted by Gasteiger charge is -2.33. The maximum Gasteiger partial charge on any atom is 0.270 e. The van der Waals surface area contributed by atoms with Gasteiger partial charge in [-0.2, -0.15) is 4.37 Å². The number of rotatable bonds is 9. The van der Waals surface area contributed by atoms with Crippen molar-refractivity contribution in [3.05, 3.63) is 10.6 Å². The predicted octanol–water partition coefficient (Wildman–Crippen LogP) is 1.67. The van der Waals surface area contributed by atoms with Gasteiger partial charge in [0.1, 0.15) is 10.9 Å². The number of ether oxygens (including phenoxy) is 1. The van der Waals surface area contributed by atoms with E-state index in [0.717, 1.165) is 56.5 Å². The van der Waals surface area contributed by atoms with Gasteiger partial charge in [0.25, 0.3) is 11.8 Å². The molecule has 1 aliphatic heterocycles. The van der Waals surface area contributed by atoms with E-state index in [4.69, 9.17) is 16.2 Å². The third-order valence-corrected chi connectivity index (χ3v) is 6.63. The summed E-state index contributed by atoms with van der Waals surface area (Å²) in [7, 11) is 0. The Morgan fingerprint density at radius 3 is 2.57 bits per heavy atom. The Kier molecular flexibility index (Phi) is 7.65. The number of carbonyl (C=O) groups is 3. The summed E-state index contributed by atoms with van der Waals surface area (Å²) in [5, 5.41) is 3.12. The smallest absolute Gasteiger partial charge is 0.270 e. The van der Waals surface area contributed by atoms with Gasteiger partial charge in [0.2, 0.25) is 5.91 Å². The van der Waals surface area contributed by atoms with Crippen LogP contribution in [0.15, 0.2) is 0 Å². The molecule has 3 rings (SSSR count). The lowest BCUT2D eigenvalue weighted by Crippen LogP contribution is -2.53. The fourth-order valence-corrected chi connectivity index (χ4v) is 4.95. The normalized spacial score (nSPS) is 20.2. The van der Waals surface area contributed by atoms with Crippen LogP contribution < -0.4 is 16.8 Å². The molecule has 0 bridgehead atoms. The Morgan fingerprint density at radius 1 is 1.27 bits per heavy atom. The Bertz CT molecular complexity index is 771. The average Bonchev–Trinajstić information content (AvgIpc) is 3.46. The third kappa shape index (κ3) is 5.10. The maximum absolute atomic E-state index is 13.5. The molecule has 2 heterocycles. The van der Waals surface area contributed by atoms with Gasteiger partial charge < -0.3 is 26.4 Å². The topological polar surface area (TPSA) is 141 Å². The molecule has 0 spiro atoms. The van der Waals surface area contributed by atoms with E-state index in [-0.39, 0.29) is 34.3 Å². The van der Waals surface area contributed by atoms with Crippen LogP contribution in [0, 0.1) is 0 Å². The van der Waals surface area contributed by atoms with Crippen LogP contribution in [0.1, 0.15) is 78.5 Å². The van der Waals surface area contributed by atoms with Crippen LogP contribution in [0.5, 0.6) is 0 Å². The highest BCUT2D eigenvalue weighted by molar-refractivity contribution is 7.09. The van der Waals surface area contributed by atoms with Gasteiger partial charge in [0.05, 0.1) is 11.8 Å². The van der Waals surface area contributed by atoms with E-state index in [1.807, 2.05) is 6.92 Å². The highest BCUT2D eigenvalue weighted by Crippen LogP contribution is 2.27. The Morgan fingerprint density at radius 2 is 2.00 bits per heavy atom. The predicted molar refractivity (Wildman–Crippen MR) is 114 cm³/mol. The molecule has 2 atom stereocenters. The zero-order chi connectivity index (χ0) is 21.7. The molecule has 9 nitrogen and oxygen atoms in total. The summed E-state index contributed by atoms with van der Waals surface area (Å²) >= 11 is 0.839. The Balaban J connectivity index is 1.87. The molecule has 0 radical (unpaired) electrons.